The van der Waals surface area contributed by atoms with E-state index in [-0.39, 0.29) is 18.6 Å². The van der Waals surface area contributed by atoms with Crippen molar-refractivity contribution in [2.45, 2.75) is 56.4 Å². The Bertz CT molecular complexity index is 654. The second-order valence-electron chi connectivity index (χ2n) is 6.74. The number of hydrogen-bond acceptors (Lipinski definition) is 6. The molecule has 2 heterocycles. The molecule has 4 atom stereocenters. The van der Waals surface area contributed by atoms with Gasteiger partial charge in [-0.3, -0.25) is 0 Å². The lowest BCUT2D eigenvalue weighted by Gasteiger charge is -2.32. The van der Waals surface area contributed by atoms with Crippen molar-refractivity contribution >= 4 is 11.9 Å². The van der Waals surface area contributed by atoms with Crippen LogP contribution in [0.5, 0.6) is 0 Å². The van der Waals surface area contributed by atoms with Crippen molar-refractivity contribution in [1.82, 2.24) is 0 Å². The predicted octanol–water partition coefficient (Wildman–Crippen LogP) is 1.82. The normalized spacial score (nSPS) is 37.1. The molecule has 0 amide bonds. The zero-order valence-electron chi connectivity index (χ0n) is 13.0. The standard InChI is InChI=1S/C17H18O6/c1-16(2)21-12-9-17(8-11(13(12)22-16)20-15(17)19)23-14(18)10-6-4-3-5-7-10/h3-7,11-13H,8-9H2,1-2H3/t11-,12-,13+,17-/m1/s1. The Kier molecular flexibility index (Phi) is 3.05. The number of benzene rings is 1. The fourth-order valence-electron chi connectivity index (χ4n) is 3.64. The van der Waals surface area contributed by atoms with Crippen molar-refractivity contribution in [2.75, 3.05) is 0 Å². The molecule has 1 aromatic carbocycles. The Morgan fingerprint density at radius 3 is 2.57 bits per heavy atom. The highest BCUT2D eigenvalue weighted by Crippen LogP contribution is 2.48. The zero-order chi connectivity index (χ0) is 16.2. The largest absolute Gasteiger partial charge is 0.456 e. The highest BCUT2D eigenvalue weighted by molar-refractivity contribution is 5.93. The van der Waals surface area contributed by atoms with Crippen molar-refractivity contribution in [3.8, 4) is 0 Å². The number of ether oxygens (including phenoxy) is 4. The summed E-state index contributed by atoms with van der Waals surface area (Å²) < 4.78 is 22.7. The van der Waals surface area contributed by atoms with Gasteiger partial charge in [-0.05, 0) is 26.0 Å². The Morgan fingerprint density at radius 2 is 1.83 bits per heavy atom. The molecule has 0 spiro atoms. The summed E-state index contributed by atoms with van der Waals surface area (Å²) >= 11 is 0. The summed E-state index contributed by atoms with van der Waals surface area (Å²) in [7, 11) is 0. The highest BCUT2D eigenvalue weighted by atomic mass is 16.8. The van der Waals surface area contributed by atoms with E-state index in [2.05, 4.69) is 0 Å². The van der Waals surface area contributed by atoms with Crippen LogP contribution in [-0.4, -0.2) is 41.6 Å². The van der Waals surface area contributed by atoms with Crippen LogP contribution < -0.4 is 0 Å². The predicted molar refractivity (Wildman–Crippen MR) is 77.5 cm³/mol. The maximum absolute atomic E-state index is 12.4. The molecule has 1 saturated carbocycles. The second-order valence-corrected chi connectivity index (χ2v) is 6.74. The van der Waals surface area contributed by atoms with Gasteiger partial charge in [0.2, 0.25) is 5.60 Å². The highest BCUT2D eigenvalue weighted by Gasteiger charge is 2.65. The van der Waals surface area contributed by atoms with Gasteiger partial charge in [0.05, 0.1) is 11.7 Å². The molecule has 0 unspecified atom stereocenters. The molecular weight excluding hydrogens is 300 g/mol. The Morgan fingerprint density at radius 1 is 1.13 bits per heavy atom. The molecule has 3 fully saturated rings. The van der Waals surface area contributed by atoms with E-state index in [1.807, 2.05) is 19.9 Å². The van der Waals surface area contributed by atoms with Crippen LogP contribution in [0.3, 0.4) is 0 Å². The molecule has 23 heavy (non-hydrogen) atoms. The fraction of sp³-hybridized carbons (Fsp3) is 0.529. The maximum Gasteiger partial charge on any atom is 0.351 e. The van der Waals surface area contributed by atoms with E-state index in [4.69, 9.17) is 18.9 Å². The summed E-state index contributed by atoms with van der Waals surface area (Å²) in [6, 6.07) is 8.61. The van der Waals surface area contributed by atoms with Gasteiger partial charge in [0, 0.05) is 12.8 Å². The van der Waals surface area contributed by atoms with Gasteiger partial charge >= 0.3 is 11.9 Å². The molecule has 1 aliphatic carbocycles. The number of carbonyl (C=O) groups excluding carboxylic acids is 2. The fourth-order valence-corrected chi connectivity index (χ4v) is 3.64. The van der Waals surface area contributed by atoms with Crippen LogP contribution in [0.1, 0.15) is 37.0 Å². The number of carbonyl (C=O) groups is 2. The maximum atomic E-state index is 12.4. The molecule has 6 heteroatoms. The molecule has 4 rings (SSSR count). The van der Waals surface area contributed by atoms with Crippen LogP contribution in [0.4, 0.5) is 0 Å². The molecule has 0 aromatic heterocycles. The zero-order valence-corrected chi connectivity index (χ0v) is 13.0. The number of rotatable bonds is 2. The number of hydrogen-bond donors (Lipinski definition) is 0. The van der Waals surface area contributed by atoms with E-state index in [0.717, 1.165) is 0 Å². The van der Waals surface area contributed by atoms with E-state index < -0.39 is 29.4 Å². The van der Waals surface area contributed by atoms with E-state index >= 15 is 0 Å². The van der Waals surface area contributed by atoms with Gasteiger partial charge in [-0.15, -0.1) is 0 Å². The van der Waals surface area contributed by atoms with Gasteiger partial charge in [-0.1, -0.05) is 18.2 Å². The van der Waals surface area contributed by atoms with Crippen molar-refractivity contribution in [2.24, 2.45) is 0 Å². The number of fused-ring (bicyclic) bond motifs is 4. The summed E-state index contributed by atoms with van der Waals surface area (Å²) in [5.41, 5.74) is -0.869. The average Bonchev–Trinajstić information content (AvgIpc) is 2.95. The lowest BCUT2D eigenvalue weighted by atomic mass is 9.82. The molecule has 2 saturated heterocycles. The van der Waals surface area contributed by atoms with Gasteiger partial charge in [0.1, 0.15) is 12.2 Å². The molecule has 0 radical (unpaired) electrons. The van der Waals surface area contributed by atoms with Crippen LogP contribution in [0.25, 0.3) is 0 Å². The molecule has 1 aromatic rings. The molecule has 3 aliphatic rings. The molecule has 2 bridgehead atoms. The van der Waals surface area contributed by atoms with Gasteiger partial charge in [-0.2, -0.15) is 0 Å². The van der Waals surface area contributed by atoms with Crippen LogP contribution >= 0.6 is 0 Å². The van der Waals surface area contributed by atoms with Crippen LogP contribution in [0.15, 0.2) is 30.3 Å². The van der Waals surface area contributed by atoms with Crippen molar-refractivity contribution in [3.63, 3.8) is 0 Å². The minimum Gasteiger partial charge on any atom is -0.456 e. The SMILES string of the molecule is CC1(C)O[C@H]2[C@H]3C[C@@](OC(=O)c4ccccc4)(C[C@H]2O1)C(=O)O3. The van der Waals surface area contributed by atoms with E-state index in [1.54, 1.807) is 24.3 Å². The first-order valence-electron chi connectivity index (χ1n) is 7.74. The molecular formula is C17H18O6. The smallest absolute Gasteiger partial charge is 0.351 e. The average molecular weight is 318 g/mol. The lowest BCUT2D eigenvalue weighted by molar-refractivity contribution is -0.172. The van der Waals surface area contributed by atoms with Crippen molar-refractivity contribution < 1.29 is 28.5 Å². The molecule has 6 nitrogen and oxygen atoms in total. The van der Waals surface area contributed by atoms with Crippen LogP contribution in [-0.2, 0) is 23.7 Å². The minimum atomic E-state index is -1.28. The Labute approximate surface area is 133 Å². The van der Waals surface area contributed by atoms with Gasteiger partial charge in [-0.25, -0.2) is 9.59 Å². The first-order chi connectivity index (χ1) is 10.9. The third kappa shape index (κ3) is 2.33. The lowest BCUT2D eigenvalue weighted by Crippen LogP contribution is -2.49. The van der Waals surface area contributed by atoms with Crippen LogP contribution in [0.2, 0.25) is 0 Å². The first-order valence-corrected chi connectivity index (χ1v) is 7.74. The van der Waals surface area contributed by atoms with Crippen LogP contribution in [0, 0.1) is 0 Å². The summed E-state index contributed by atoms with van der Waals surface area (Å²) in [5, 5.41) is 0. The summed E-state index contributed by atoms with van der Waals surface area (Å²) in [4.78, 5) is 24.7. The summed E-state index contributed by atoms with van der Waals surface area (Å²) in [6.07, 6.45) is -0.495. The Balaban J connectivity index is 1.58. The van der Waals surface area contributed by atoms with E-state index in [9.17, 15) is 9.59 Å². The summed E-state index contributed by atoms with van der Waals surface area (Å²) in [6.45, 7) is 3.65. The van der Waals surface area contributed by atoms with Gasteiger partial charge < -0.3 is 18.9 Å². The molecule has 122 valence electrons. The first kappa shape index (κ1) is 14.7. The minimum absolute atomic E-state index is 0.259. The summed E-state index contributed by atoms with van der Waals surface area (Å²) in [5.74, 6) is -1.76. The molecule has 0 N–H and O–H groups in total. The van der Waals surface area contributed by atoms with E-state index in [1.165, 1.54) is 0 Å². The Hall–Kier alpha value is -1.92. The van der Waals surface area contributed by atoms with Crippen molar-refractivity contribution in [3.05, 3.63) is 35.9 Å². The number of esters is 2. The van der Waals surface area contributed by atoms with Crippen molar-refractivity contribution in [1.29, 1.82) is 0 Å². The topological polar surface area (TPSA) is 71.1 Å². The molecule has 2 aliphatic heterocycles. The van der Waals surface area contributed by atoms with Gasteiger partial charge in [0.25, 0.3) is 0 Å². The third-order valence-corrected chi connectivity index (χ3v) is 4.58. The second kappa shape index (κ2) is 4.79. The van der Waals surface area contributed by atoms with E-state index in [0.29, 0.717) is 12.0 Å². The quantitative estimate of drug-likeness (QED) is 0.775. The monoisotopic (exact) mass is 318 g/mol. The van der Waals surface area contributed by atoms with Gasteiger partial charge in [0.15, 0.2) is 5.79 Å². The third-order valence-electron chi connectivity index (χ3n) is 4.58.